The van der Waals surface area contributed by atoms with Crippen molar-refractivity contribution in [1.29, 1.82) is 0 Å². The Labute approximate surface area is 174 Å². The number of carbonyl (C=O) groups excluding carboxylic acids is 2. The highest BCUT2D eigenvalue weighted by atomic mass is 16.5. The Morgan fingerprint density at radius 2 is 1.63 bits per heavy atom. The first-order valence-corrected chi connectivity index (χ1v) is 10.3. The van der Waals surface area contributed by atoms with Crippen LogP contribution in [-0.2, 0) is 19.1 Å². The molecule has 0 fully saturated rings. The Morgan fingerprint density at radius 3 is 2.20 bits per heavy atom. The van der Waals surface area contributed by atoms with Crippen LogP contribution in [-0.4, -0.2) is 35.9 Å². The minimum Gasteiger partial charge on any atom is -0.490 e. The number of carboxylic acids is 1. The van der Waals surface area contributed by atoms with Gasteiger partial charge in [-0.2, -0.15) is 0 Å². The maximum atomic E-state index is 12.9. The topological polar surface area (TPSA) is 99.1 Å². The predicted molar refractivity (Wildman–Crippen MR) is 106 cm³/mol. The fourth-order valence-electron chi connectivity index (χ4n) is 4.38. The monoisotopic (exact) mass is 412 g/mol. The van der Waals surface area contributed by atoms with E-state index < -0.39 is 18.5 Å². The van der Waals surface area contributed by atoms with Crippen molar-refractivity contribution in [2.24, 2.45) is 0 Å². The van der Waals surface area contributed by atoms with Gasteiger partial charge in [0.15, 0.2) is 29.7 Å². The van der Waals surface area contributed by atoms with Crippen LogP contribution in [0.5, 0.6) is 11.5 Å². The van der Waals surface area contributed by atoms with Gasteiger partial charge in [0.2, 0.25) is 0 Å². The molecule has 2 aliphatic carbocycles. The molecule has 0 radical (unpaired) electrons. The second kappa shape index (κ2) is 8.34. The molecule has 1 N–H and O–H groups in total. The van der Waals surface area contributed by atoms with Crippen molar-refractivity contribution in [2.75, 3.05) is 13.2 Å². The molecule has 3 aliphatic rings. The summed E-state index contributed by atoms with van der Waals surface area (Å²) in [5, 5.41) is 8.90. The first kappa shape index (κ1) is 20.2. The minimum atomic E-state index is -1.09. The van der Waals surface area contributed by atoms with E-state index in [-0.39, 0.29) is 11.6 Å². The normalized spacial score (nSPS) is 19.2. The largest absolute Gasteiger partial charge is 0.490 e. The lowest BCUT2D eigenvalue weighted by atomic mass is 9.73. The second-order valence-corrected chi connectivity index (χ2v) is 7.58. The molecule has 0 saturated carbocycles. The third kappa shape index (κ3) is 3.72. The van der Waals surface area contributed by atoms with Crippen LogP contribution in [0.4, 0.5) is 0 Å². The molecular weight excluding hydrogens is 388 g/mol. The molecule has 0 bridgehead atoms. The van der Waals surface area contributed by atoms with Gasteiger partial charge in [0, 0.05) is 42.7 Å². The van der Waals surface area contributed by atoms with E-state index in [1.54, 1.807) is 18.2 Å². The number of benzene rings is 1. The van der Waals surface area contributed by atoms with E-state index in [0.717, 1.165) is 18.4 Å². The van der Waals surface area contributed by atoms with Crippen LogP contribution in [0, 0.1) is 0 Å². The van der Waals surface area contributed by atoms with Crippen LogP contribution in [0.1, 0.15) is 56.9 Å². The average molecular weight is 412 g/mol. The summed E-state index contributed by atoms with van der Waals surface area (Å²) in [6, 6.07) is 5.16. The molecule has 4 rings (SSSR count). The first-order valence-electron chi connectivity index (χ1n) is 10.3. The van der Waals surface area contributed by atoms with Gasteiger partial charge in [-0.05, 0) is 37.5 Å². The van der Waals surface area contributed by atoms with Gasteiger partial charge in [-0.1, -0.05) is 6.07 Å². The van der Waals surface area contributed by atoms with E-state index in [9.17, 15) is 14.4 Å². The molecule has 158 valence electrons. The molecular formula is C23H24O7. The quantitative estimate of drug-likeness (QED) is 0.761. The molecule has 30 heavy (non-hydrogen) atoms. The Balaban J connectivity index is 1.81. The smallest absolute Gasteiger partial charge is 0.341 e. The summed E-state index contributed by atoms with van der Waals surface area (Å²) in [5.41, 5.74) is 1.88. The number of carbonyl (C=O) groups is 3. The number of Topliss-reactive ketones (excluding diaryl/α,β-unsaturated/α-hetero) is 2. The van der Waals surface area contributed by atoms with E-state index in [1.165, 1.54) is 0 Å². The van der Waals surface area contributed by atoms with Gasteiger partial charge < -0.3 is 19.3 Å². The van der Waals surface area contributed by atoms with Crippen LogP contribution in [0.2, 0.25) is 0 Å². The third-order valence-corrected chi connectivity index (χ3v) is 5.59. The third-order valence-electron chi connectivity index (χ3n) is 5.59. The summed E-state index contributed by atoms with van der Waals surface area (Å²) in [4.78, 5) is 36.6. The number of hydrogen-bond acceptors (Lipinski definition) is 6. The Kier molecular flexibility index (Phi) is 5.61. The van der Waals surface area contributed by atoms with Crippen LogP contribution >= 0.6 is 0 Å². The maximum absolute atomic E-state index is 12.9. The zero-order valence-corrected chi connectivity index (χ0v) is 16.9. The Morgan fingerprint density at radius 1 is 1.00 bits per heavy atom. The summed E-state index contributed by atoms with van der Waals surface area (Å²) in [5.74, 6) is 0.489. The molecule has 0 saturated heterocycles. The zero-order valence-electron chi connectivity index (χ0n) is 16.9. The van der Waals surface area contributed by atoms with Gasteiger partial charge in [0.1, 0.15) is 11.5 Å². The van der Waals surface area contributed by atoms with Gasteiger partial charge in [-0.15, -0.1) is 0 Å². The molecule has 7 nitrogen and oxygen atoms in total. The van der Waals surface area contributed by atoms with Gasteiger partial charge >= 0.3 is 5.97 Å². The lowest BCUT2D eigenvalue weighted by molar-refractivity contribution is -0.139. The van der Waals surface area contributed by atoms with Crippen LogP contribution in [0.25, 0.3) is 0 Å². The van der Waals surface area contributed by atoms with Gasteiger partial charge in [0.05, 0.1) is 6.61 Å². The number of carboxylic acid groups (broad SMARTS) is 1. The van der Waals surface area contributed by atoms with Gasteiger partial charge in [-0.25, -0.2) is 4.79 Å². The van der Waals surface area contributed by atoms with Crippen molar-refractivity contribution < 1.29 is 33.7 Å². The number of ketones is 2. The molecule has 0 unspecified atom stereocenters. The van der Waals surface area contributed by atoms with Crippen molar-refractivity contribution in [3.63, 3.8) is 0 Å². The fraction of sp³-hybridized carbons (Fsp3) is 0.435. The highest BCUT2D eigenvalue weighted by molar-refractivity contribution is 6.05. The number of aliphatic carboxylic acids is 1. The maximum Gasteiger partial charge on any atom is 0.341 e. The van der Waals surface area contributed by atoms with Crippen molar-refractivity contribution in [3.05, 3.63) is 46.4 Å². The number of ether oxygens (including phenoxy) is 3. The molecule has 1 aromatic carbocycles. The van der Waals surface area contributed by atoms with Crippen LogP contribution in [0.15, 0.2) is 40.9 Å². The Bertz CT molecular complexity index is 928. The van der Waals surface area contributed by atoms with Crippen molar-refractivity contribution in [3.8, 4) is 11.5 Å². The van der Waals surface area contributed by atoms with Crippen LogP contribution < -0.4 is 9.47 Å². The van der Waals surface area contributed by atoms with Gasteiger partial charge in [0.25, 0.3) is 0 Å². The highest BCUT2D eigenvalue weighted by Crippen LogP contribution is 2.48. The lowest BCUT2D eigenvalue weighted by Gasteiger charge is -2.36. The zero-order chi connectivity index (χ0) is 21.3. The summed E-state index contributed by atoms with van der Waals surface area (Å²) in [7, 11) is 0. The standard InChI is InChI=1S/C23H24O7/c1-2-28-19-11-13(9-10-16(19)29-12-20(26)27)21-22-14(24)5-3-7-17(22)30-18-8-4-6-15(25)23(18)21/h9-11,21H,2-8,12H2,1H3,(H,26,27). The molecule has 1 aliphatic heterocycles. The highest BCUT2D eigenvalue weighted by Gasteiger charge is 2.41. The predicted octanol–water partition coefficient (Wildman–Crippen LogP) is 3.68. The van der Waals surface area contributed by atoms with E-state index in [1.807, 2.05) is 6.92 Å². The SMILES string of the molecule is CCOc1cc(C2C3=C(CCCC3=O)OC3=C2C(=O)CCC3)ccc1OCC(=O)O. The molecule has 0 atom stereocenters. The molecule has 1 aromatic rings. The molecule has 1 heterocycles. The first-order chi connectivity index (χ1) is 14.5. The van der Waals surface area contributed by atoms with E-state index >= 15 is 0 Å². The molecule has 0 spiro atoms. The summed E-state index contributed by atoms with van der Waals surface area (Å²) in [6.45, 7) is 1.69. The van der Waals surface area contributed by atoms with Crippen molar-refractivity contribution >= 4 is 17.5 Å². The lowest BCUT2D eigenvalue weighted by Crippen LogP contribution is -2.30. The van der Waals surface area contributed by atoms with E-state index in [0.29, 0.717) is 66.5 Å². The van der Waals surface area contributed by atoms with Crippen molar-refractivity contribution in [2.45, 2.75) is 51.4 Å². The summed E-state index contributed by atoms with van der Waals surface area (Å²) in [6.07, 6.45) is 3.72. The Hall–Kier alpha value is -3.09. The van der Waals surface area contributed by atoms with Crippen LogP contribution in [0.3, 0.4) is 0 Å². The molecule has 7 heteroatoms. The summed E-state index contributed by atoms with van der Waals surface area (Å²) >= 11 is 0. The van der Waals surface area contributed by atoms with Crippen molar-refractivity contribution in [1.82, 2.24) is 0 Å². The molecule has 0 aromatic heterocycles. The van der Waals surface area contributed by atoms with E-state index in [4.69, 9.17) is 19.3 Å². The number of hydrogen-bond donors (Lipinski definition) is 1. The second-order valence-electron chi connectivity index (χ2n) is 7.58. The average Bonchev–Trinajstić information content (AvgIpc) is 2.72. The van der Waals surface area contributed by atoms with Gasteiger partial charge in [-0.3, -0.25) is 9.59 Å². The number of allylic oxidation sites excluding steroid dienone is 4. The summed E-state index contributed by atoms with van der Waals surface area (Å²) < 4.78 is 17.1. The fourth-order valence-corrected chi connectivity index (χ4v) is 4.38. The number of rotatable bonds is 6. The molecule has 0 amide bonds. The minimum absolute atomic E-state index is 0.00957. The van der Waals surface area contributed by atoms with E-state index in [2.05, 4.69) is 0 Å².